The number of para-hydroxylation sites is 2. The number of carbonyl (C=O) groups is 1. The van der Waals surface area contributed by atoms with Crippen LogP contribution in [0.25, 0.3) is 37.7 Å². The van der Waals surface area contributed by atoms with Gasteiger partial charge in [-0.1, -0.05) is 33.5 Å². The summed E-state index contributed by atoms with van der Waals surface area (Å²) in [5.74, 6) is -2.06. The number of pyridine rings is 1. The van der Waals surface area contributed by atoms with Crippen LogP contribution in [0.15, 0.2) is 123 Å². The molecule has 0 aliphatic heterocycles. The molecule has 5 aromatic carbocycles. The first-order chi connectivity index (χ1) is 32.9. The van der Waals surface area contributed by atoms with Gasteiger partial charge in [0.05, 0.1) is 55.9 Å². The number of phenolic OH excluding ortho intramolecular Hbond substituents is 1. The first-order valence-electron chi connectivity index (χ1n) is 18.6. The number of nitriles is 1. The molecule has 0 radical (unpaired) electrons. The topological polar surface area (TPSA) is 384 Å². The second kappa shape index (κ2) is 19.4. The molecule has 31 heteroatoms. The summed E-state index contributed by atoms with van der Waals surface area (Å²) in [5, 5.41) is 83.6. The zero-order chi connectivity index (χ0) is 49.4. The lowest BCUT2D eigenvalue weighted by atomic mass is 10.1. The molecule has 0 spiro atoms. The zero-order valence-electron chi connectivity index (χ0n) is 34.3. The Bertz CT molecular complexity index is 3800. The second-order valence-corrected chi connectivity index (χ2v) is 19.0. The van der Waals surface area contributed by atoms with Crippen LogP contribution in [-0.2, 0) is 43.8 Å². The molecule has 0 saturated carbocycles. The van der Waals surface area contributed by atoms with Crippen LogP contribution in [0.4, 0.5) is 39.3 Å². The van der Waals surface area contributed by atoms with Gasteiger partial charge in [-0.2, -0.15) is 22.1 Å². The molecule has 3 aromatic heterocycles. The van der Waals surface area contributed by atoms with Crippen molar-refractivity contribution >= 4 is 138 Å². The number of rotatable bonds is 15. The first-order valence-corrected chi connectivity index (χ1v) is 23.8. The monoisotopic (exact) mass is 1040 g/mol. The van der Waals surface area contributed by atoms with E-state index in [4.69, 9.17) is 10.5 Å². The van der Waals surface area contributed by atoms with Gasteiger partial charge in [-0.05, 0) is 67.6 Å². The average molecular weight is 1040 g/mol. The third-order valence-electron chi connectivity index (χ3n) is 9.56. The maximum Gasteiger partial charge on any atom is 0.297 e. The van der Waals surface area contributed by atoms with Crippen LogP contribution in [0.5, 0.6) is 11.6 Å². The molecule has 0 aliphatic carbocycles. The highest BCUT2D eigenvalue weighted by atomic mass is 32.2. The molecule has 8 rings (SSSR count). The lowest BCUT2D eigenvalue weighted by molar-refractivity contribution is -0.432. The van der Waals surface area contributed by atoms with Gasteiger partial charge in [0.15, 0.2) is 17.1 Å². The number of hydrogen-bond donors (Lipinski definition) is 7. The molecular weight excluding hydrogens is 1010 g/mol. The Labute approximate surface area is 397 Å². The van der Waals surface area contributed by atoms with Gasteiger partial charge < -0.3 is 15.5 Å². The van der Waals surface area contributed by atoms with Gasteiger partial charge in [0.25, 0.3) is 20.2 Å². The Balaban J connectivity index is 1.22. The van der Waals surface area contributed by atoms with Crippen LogP contribution >= 0.6 is 35.4 Å². The number of fused-ring (bicyclic) bond motifs is 5. The standard InChI is InChI=1S/C38H25N11O15S5/c1-16-21(15-39)36-41-22-5-3-4-6-28(22)49(36)37(52)32(16)46-43-24-10-8-19-20(35(24)69(58,59)60)12-30(67-64-62-54)33(34(19)51)47-45-27-13-25(40-17(2)50)26(14-31(27)68(55,56)57)44-48-38-42-23-9-7-18(66-63-61-53)11-29(23)65-38/h3-14,51-54H,1-2H3,(H,40,50)(H,55,56,57)(H,58,59,60). The van der Waals surface area contributed by atoms with Gasteiger partial charge in [0, 0.05) is 28.2 Å². The Morgan fingerprint density at radius 3 is 2.22 bits per heavy atom. The molecule has 69 heavy (non-hydrogen) atoms. The predicted molar refractivity (Wildman–Crippen MR) is 243 cm³/mol. The first kappa shape index (κ1) is 48.3. The van der Waals surface area contributed by atoms with E-state index < -0.39 is 74.9 Å². The van der Waals surface area contributed by atoms with Crippen molar-refractivity contribution in [3.05, 3.63) is 83.9 Å². The maximum atomic E-state index is 13.1. The van der Waals surface area contributed by atoms with Crippen LogP contribution in [0.1, 0.15) is 18.1 Å². The lowest BCUT2D eigenvalue weighted by Crippen LogP contribution is -2.07. The maximum absolute atomic E-state index is 13.1. The van der Waals surface area contributed by atoms with Crippen molar-refractivity contribution in [1.29, 1.82) is 5.26 Å². The molecule has 352 valence electrons. The summed E-state index contributed by atoms with van der Waals surface area (Å²) in [6.45, 7) is 2.57. The molecule has 3 heterocycles. The van der Waals surface area contributed by atoms with Crippen LogP contribution < -0.4 is 5.32 Å². The van der Waals surface area contributed by atoms with E-state index in [0.717, 1.165) is 48.6 Å². The third kappa shape index (κ3) is 9.77. The molecule has 7 N–H and O–H groups in total. The van der Waals surface area contributed by atoms with Crippen LogP contribution in [0.3, 0.4) is 0 Å². The van der Waals surface area contributed by atoms with Crippen molar-refractivity contribution in [2.75, 3.05) is 5.32 Å². The number of amides is 1. The number of aromatic nitrogens is 3. The molecule has 8 aromatic rings. The number of phenols is 1. The van der Waals surface area contributed by atoms with E-state index in [-0.39, 0.29) is 56.4 Å². The molecule has 0 fully saturated rings. The fourth-order valence-corrected chi connectivity index (χ4v) is 9.96. The van der Waals surface area contributed by atoms with Crippen LogP contribution in [-0.4, -0.2) is 66.9 Å². The molecule has 26 nitrogen and oxygen atoms in total. The van der Waals surface area contributed by atoms with E-state index in [1.54, 1.807) is 42.5 Å². The van der Waals surface area contributed by atoms with E-state index >= 15 is 0 Å². The predicted octanol–water partition coefficient (Wildman–Crippen LogP) is 10.4. The summed E-state index contributed by atoms with van der Waals surface area (Å²) in [6.07, 6.45) is 0. The largest absolute Gasteiger partial charge is 0.505 e. The van der Waals surface area contributed by atoms with Crippen LogP contribution in [0, 0.1) is 18.3 Å². The summed E-state index contributed by atoms with van der Waals surface area (Å²) < 4.78 is 83.4. The summed E-state index contributed by atoms with van der Waals surface area (Å²) in [7, 11) is -10.5. The highest BCUT2D eigenvalue weighted by Gasteiger charge is 2.27. The molecule has 0 atom stereocenters. The minimum absolute atomic E-state index is 0.0154. The highest BCUT2D eigenvalue weighted by Crippen LogP contribution is 2.49. The Hall–Kier alpha value is -7.16. The van der Waals surface area contributed by atoms with Crippen molar-refractivity contribution in [2.45, 2.75) is 33.4 Å². The average Bonchev–Trinajstić information content (AvgIpc) is 3.89. The molecule has 1 amide bonds. The third-order valence-corrected chi connectivity index (χ3v) is 13.5. The second-order valence-electron chi connectivity index (χ2n) is 13.8. The summed E-state index contributed by atoms with van der Waals surface area (Å²) in [5.41, 5.74) is -0.988. The Morgan fingerprint density at radius 1 is 0.797 bits per heavy atom. The molecule has 0 unspecified atom stereocenters. The number of azo groups is 3. The normalized spacial score (nSPS) is 12.5. The van der Waals surface area contributed by atoms with Crippen molar-refractivity contribution in [2.24, 2.45) is 30.7 Å². The van der Waals surface area contributed by atoms with Gasteiger partial charge in [-0.3, -0.25) is 18.3 Å². The zero-order valence-corrected chi connectivity index (χ0v) is 38.4. The smallest absolute Gasteiger partial charge is 0.297 e. The number of anilines is 1. The number of aromatic hydroxyl groups is 2. The summed E-state index contributed by atoms with van der Waals surface area (Å²) in [4.78, 5) is 19.3. The summed E-state index contributed by atoms with van der Waals surface area (Å²) >= 11 is 1.87. The van der Waals surface area contributed by atoms with Gasteiger partial charge in [-0.15, -0.1) is 39.4 Å². The molecule has 0 saturated heterocycles. The number of nitrogens with zero attached hydrogens (tertiary/aromatic N) is 10. The number of hydrogen-bond acceptors (Lipinski definition) is 25. The van der Waals surface area contributed by atoms with Gasteiger partial charge >= 0.3 is 0 Å². The van der Waals surface area contributed by atoms with Gasteiger partial charge in [0.2, 0.25) is 16.9 Å². The van der Waals surface area contributed by atoms with Gasteiger partial charge in [0.1, 0.15) is 44.2 Å². The lowest BCUT2D eigenvalue weighted by Gasteiger charge is -2.13. The number of benzene rings is 5. The number of nitrogens with one attached hydrogen (secondary N) is 1. The minimum Gasteiger partial charge on any atom is -0.505 e. The van der Waals surface area contributed by atoms with Crippen molar-refractivity contribution in [3.8, 4) is 17.7 Å². The van der Waals surface area contributed by atoms with E-state index in [2.05, 4.69) is 64.7 Å². The van der Waals surface area contributed by atoms with Crippen molar-refractivity contribution < 1.29 is 70.2 Å². The van der Waals surface area contributed by atoms with Crippen molar-refractivity contribution in [3.63, 3.8) is 0 Å². The van der Waals surface area contributed by atoms with E-state index in [1.165, 1.54) is 11.3 Å². The fraction of sp³-hybridized carbons (Fsp3) is 0.0526. The Kier molecular flexibility index (Phi) is 13.6. The van der Waals surface area contributed by atoms with E-state index in [1.807, 2.05) is 6.07 Å². The van der Waals surface area contributed by atoms with Crippen LogP contribution in [0.2, 0.25) is 0 Å². The quantitative estimate of drug-likeness (QED) is 0.0165. The SMILES string of the molecule is CC(=O)Nc1cc(N=Nc2c(SOOO)cc3c(S(=O)(=O)O)c(N=Nc4c(C)c(C#N)c5nc6ccccc6n5c4O)ccc3c2O)c(S(=O)(=O)O)cc1N=Nc1nc2ccc(SOOO)cc2s1. The van der Waals surface area contributed by atoms with E-state index in [9.17, 15) is 46.2 Å². The Morgan fingerprint density at radius 2 is 1.51 bits per heavy atom. The molecular formula is C38H25N11O15S5. The molecule has 0 aliphatic rings. The number of imidazole rings is 1. The number of thiazole rings is 1. The molecule has 0 bridgehead atoms. The summed E-state index contributed by atoms with van der Waals surface area (Å²) in [6, 6.07) is 18.4. The fourth-order valence-electron chi connectivity index (χ4n) is 6.73. The number of carbonyl (C=O) groups excluding carboxylic acids is 1. The highest BCUT2D eigenvalue weighted by molar-refractivity contribution is 7.95. The van der Waals surface area contributed by atoms with Crippen molar-refractivity contribution in [1.82, 2.24) is 14.4 Å². The minimum atomic E-state index is -5.30. The van der Waals surface area contributed by atoms with Gasteiger partial charge in [-0.25, -0.2) is 20.5 Å². The van der Waals surface area contributed by atoms with E-state index in [0.29, 0.717) is 38.2 Å².